The summed E-state index contributed by atoms with van der Waals surface area (Å²) in [7, 11) is 1.56. The van der Waals surface area contributed by atoms with Gasteiger partial charge in [-0.2, -0.15) is 0 Å². The van der Waals surface area contributed by atoms with Crippen LogP contribution in [-0.2, 0) is 29.1 Å². The van der Waals surface area contributed by atoms with E-state index in [1.54, 1.807) is 37.5 Å². The van der Waals surface area contributed by atoms with Crippen LogP contribution in [0.1, 0.15) is 22.3 Å². The van der Waals surface area contributed by atoms with Crippen LogP contribution < -0.4 is 15.0 Å². The smallest absolute Gasteiger partial charge is 0.331 e. The third kappa shape index (κ3) is 4.70. The van der Waals surface area contributed by atoms with Gasteiger partial charge in [0.25, 0.3) is 11.8 Å². The van der Waals surface area contributed by atoms with E-state index in [0.717, 1.165) is 50.8 Å². The lowest BCUT2D eigenvalue weighted by Crippen LogP contribution is -2.53. The molecular formula is C28H24ClN3O4. The molecule has 8 heteroatoms. The fourth-order valence-electron chi connectivity index (χ4n) is 4.49. The highest BCUT2D eigenvalue weighted by Crippen LogP contribution is 2.32. The van der Waals surface area contributed by atoms with Crippen LogP contribution in [0, 0.1) is 0 Å². The van der Waals surface area contributed by atoms with Crippen LogP contribution in [0.3, 0.4) is 0 Å². The predicted molar refractivity (Wildman–Crippen MR) is 138 cm³/mol. The first-order chi connectivity index (χ1) is 17.4. The van der Waals surface area contributed by atoms with Gasteiger partial charge in [0.1, 0.15) is 11.3 Å². The van der Waals surface area contributed by atoms with E-state index in [2.05, 4.69) is 10.2 Å². The summed E-state index contributed by atoms with van der Waals surface area (Å²) in [5, 5.41) is 3.02. The van der Waals surface area contributed by atoms with Gasteiger partial charge in [-0.05, 0) is 65.1 Å². The monoisotopic (exact) mass is 501 g/mol. The number of amides is 4. The third-order valence-corrected chi connectivity index (χ3v) is 6.78. The second-order valence-electron chi connectivity index (χ2n) is 8.71. The molecule has 2 heterocycles. The van der Waals surface area contributed by atoms with E-state index >= 15 is 0 Å². The number of benzene rings is 3. The van der Waals surface area contributed by atoms with E-state index in [9.17, 15) is 14.4 Å². The largest absolute Gasteiger partial charge is 0.497 e. The number of halogens is 1. The van der Waals surface area contributed by atoms with Crippen molar-refractivity contribution >= 4 is 41.2 Å². The predicted octanol–water partition coefficient (Wildman–Crippen LogP) is 4.57. The molecule has 2 aliphatic rings. The molecule has 0 aliphatic carbocycles. The van der Waals surface area contributed by atoms with Crippen molar-refractivity contribution in [2.75, 3.05) is 18.6 Å². The first-order valence-corrected chi connectivity index (χ1v) is 11.9. The second kappa shape index (κ2) is 9.87. The van der Waals surface area contributed by atoms with Crippen LogP contribution in [-0.4, -0.2) is 36.4 Å². The number of methoxy groups -OCH3 is 1. The van der Waals surface area contributed by atoms with Crippen molar-refractivity contribution in [1.29, 1.82) is 0 Å². The number of imide groups is 2. The molecule has 7 nitrogen and oxygen atoms in total. The normalized spacial score (nSPS) is 16.4. The van der Waals surface area contributed by atoms with E-state index in [0.29, 0.717) is 12.3 Å². The first kappa shape index (κ1) is 23.6. The molecule has 5 rings (SSSR count). The summed E-state index contributed by atoms with van der Waals surface area (Å²) in [6, 6.07) is 20.0. The Morgan fingerprint density at radius 1 is 1.00 bits per heavy atom. The fraction of sp³-hybridized carbons (Fsp3) is 0.179. The average molecular weight is 502 g/mol. The van der Waals surface area contributed by atoms with Crippen LogP contribution >= 0.6 is 11.6 Å². The summed E-state index contributed by atoms with van der Waals surface area (Å²) in [6.07, 6.45) is 2.39. The van der Waals surface area contributed by atoms with Crippen LogP contribution in [0.25, 0.3) is 6.08 Å². The zero-order valence-electron chi connectivity index (χ0n) is 19.7. The number of hydrogen-bond acceptors (Lipinski definition) is 5. The Morgan fingerprint density at radius 3 is 2.53 bits per heavy atom. The Kier molecular flexibility index (Phi) is 6.48. The van der Waals surface area contributed by atoms with Crippen LogP contribution in [0.4, 0.5) is 10.5 Å². The molecule has 36 heavy (non-hydrogen) atoms. The number of carbonyl (C=O) groups excluding carboxylic acids is 3. The van der Waals surface area contributed by atoms with Gasteiger partial charge in [-0.25, -0.2) is 4.79 Å². The summed E-state index contributed by atoms with van der Waals surface area (Å²) in [5.41, 5.74) is 4.69. The lowest BCUT2D eigenvalue weighted by molar-refractivity contribution is -0.130. The molecule has 182 valence electrons. The van der Waals surface area contributed by atoms with Gasteiger partial charge in [-0.3, -0.25) is 19.8 Å². The Labute approximate surface area is 213 Å². The van der Waals surface area contributed by atoms with E-state index in [-0.39, 0.29) is 12.1 Å². The summed E-state index contributed by atoms with van der Waals surface area (Å²) in [4.78, 5) is 41.4. The maximum atomic E-state index is 13.1. The molecule has 1 saturated heterocycles. The van der Waals surface area contributed by atoms with Crippen molar-refractivity contribution in [3.63, 3.8) is 0 Å². The highest BCUT2D eigenvalue weighted by Gasteiger charge is 2.35. The highest BCUT2D eigenvalue weighted by atomic mass is 35.5. The van der Waals surface area contributed by atoms with Gasteiger partial charge in [-0.1, -0.05) is 48.0 Å². The van der Waals surface area contributed by atoms with Crippen molar-refractivity contribution in [2.24, 2.45) is 0 Å². The number of nitrogens with zero attached hydrogens (tertiary/aromatic N) is 2. The first-order valence-electron chi connectivity index (χ1n) is 11.6. The number of nitrogens with one attached hydrogen (secondary N) is 1. The highest BCUT2D eigenvalue weighted by molar-refractivity contribution is 6.31. The van der Waals surface area contributed by atoms with Gasteiger partial charge in [0.2, 0.25) is 0 Å². The quantitative estimate of drug-likeness (QED) is 0.395. The minimum Gasteiger partial charge on any atom is -0.497 e. The van der Waals surface area contributed by atoms with Crippen molar-refractivity contribution < 1.29 is 19.1 Å². The molecule has 0 unspecified atom stereocenters. The summed E-state index contributed by atoms with van der Waals surface area (Å²) in [6.45, 7) is 1.60. The Balaban J connectivity index is 1.36. The zero-order chi connectivity index (χ0) is 25.2. The van der Waals surface area contributed by atoms with E-state index in [1.165, 1.54) is 0 Å². The molecule has 0 spiro atoms. The van der Waals surface area contributed by atoms with Gasteiger partial charge in [-0.15, -0.1) is 0 Å². The molecule has 4 amide bonds. The SMILES string of the molecule is COc1ccc(CN2C(=O)NC(=O)C(=Cc3ccc4c(c3)CCN4Cc3ccccc3Cl)C2=O)cc1. The third-order valence-electron chi connectivity index (χ3n) is 6.41. The summed E-state index contributed by atoms with van der Waals surface area (Å²) in [5.74, 6) is -0.650. The second-order valence-corrected chi connectivity index (χ2v) is 9.11. The topological polar surface area (TPSA) is 79.0 Å². The molecule has 3 aromatic carbocycles. The molecule has 0 radical (unpaired) electrons. The zero-order valence-corrected chi connectivity index (χ0v) is 20.4. The Hall–Kier alpha value is -4.10. The van der Waals surface area contributed by atoms with E-state index in [4.69, 9.17) is 16.3 Å². The van der Waals surface area contributed by atoms with Crippen molar-refractivity contribution in [3.05, 3.63) is 99.6 Å². The average Bonchev–Trinajstić information content (AvgIpc) is 3.28. The minimum absolute atomic E-state index is 0.0421. The molecule has 0 saturated carbocycles. The van der Waals surface area contributed by atoms with Crippen molar-refractivity contribution in [3.8, 4) is 5.75 Å². The lowest BCUT2D eigenvalue weighted by atomic mass is 10.0. The number of ether oxygens (including phenoxy) is 1. The van der Waals surface area contributed by atoms with Crippen LogP contribution in [0.15, 0.2) is 72.3 Å². The Morgan fingerprint density at radius 2 is 1.78 bits per heavy atom. The molecule has 2 aliphatic heterocycles. The van der Waals surface area contributed by atoms with Crippen molar-refractivity contribution in [1.82, 2.24) is 10.2 Å². The van der Waals surface area contributed by atoms with Gasteiger partial charge < -0.3 is 9.64 Å². The molecule has 1 fully saturated rings. The van der Waals surface area contributed by atoms with Crippen LogP contribution in [0.5, 0.6) is 5.75 Å². The maximum absolute atomic E-state index is 13.1. The Bertz CT molecular complexity index is 1380. The molecule has 0 bridgehead atoms. The standard InChI is InChI=1S/C28H24ClN3O4/c1-36-22-9-6-18(7-10-22)16-32-27(34)23(26(33)30-28(32)35)15-19-8-11-25-20(14-19)12-13-31(25)17-21-4-2-3-5-24(21)29/h2-11,14-15H,12-13,16-17H2,1H3,(H,30,33,35). The molecule has 1 N–H and O–H groups in total. The lowest BCUT2D eigenvalue weighted by Gasteiger charge is -2.26. The van der Waals surface area contributed by atoms with Gasteiger partial charge >= 0.3 is 6.03 Å². The minimum atomic E-state index is -0.734. The number of fused-ring (bicyclic) bond motifs is 1. The van der Waals surface area contributed by atoms with Gasteiger partial charge in [0.05, 0.1) is 13.7 Å². The molecule has 0 aromatic heterocycles. The van der Waals surface area contributed by atoms with Crippen LogP contribution in [0.2, 0.25) is 5.02 Å². The summed E-state index contributed by atoms with van der Waals surface area (Å²) >= 11 is 6.34. The fourth-order valence-corrected chi connectivity index (χ4v) is 4.69. The summed E-state index contributed by atoms with van der Waals surface area (Å²) < 4.78 is 5.15. The number of anilines is 1. The maximum Gasteiger partial charge on any atom is 0.331 e. The van der Waals surface area contributed by atoms with Gasteiger partial charge in [0.15, 0.2) is 0 Å². The van der Waals surface area contributed by atoms with E-state index in [1.807, 2.05) is 42.5 Å². The number of barbiturate groups is 1. The number of hydrogen-bond donors (Lipinski definition) is 1. The van der Waals surface area contributed by atoms with Crippen molar-refractivity contribution in [2.45, 2.75) is 19.5 Å². The molecule has 0 atom stereocenters. The number of carbonyl (C=O) groups is 3. The number of rotatable bonds is 6. The number of urea groups is 1. The van der Waals surface area contributed by atoms with Gasteiger partial charge in [0, 0.05) is 23.8 Å². The molecular weight excluding hydrogens is 478 g/mol. The molecule has 3 aromatic rings. The van der Waals surface area contributed by atoms with E-state index < -0.39 is 17.8 Å².